The number of imidazole rings is 1. The molecule has 6 nitrogen and oxygen atoms in total. The molecule has 4 rings (SSSR count). The smallest absolute Gasteiger partial charge is 0.157 e. The number of hydrogen-bond donors (Lipinski definition) is 1. The molecule has 1 atom stereocenters. The molecule has 22 heavy (non-hydrogen) atoms. The summed E-state index contributed by atoms with van der Waals surface area (Å²) in [5.74, 6) is 0.781. The molecule has 0 bridgehead atoms. The van der Waals surface area contributed by atoms with Gasteiger partial charge in [0, 0.05) is 36.7 Å². The lowest BCUT2D eigenvalue weighted by Gasteiger charge is -2.24. The Hall–Kier alpha value is -2.12. The highest BCUT2D eigenvalue weighted by Gasteiger charge is 2.30. The van der Waals surface area contributed by atoms with Crippen molar-refractivity contribution in [1.82, 2.24) is 29.8 Å². The maximum Gasteiger partial charge on any atom is 0.157 e. The third-order valence-corrected chi connectivity index (χ3v) is 4.61. The summed E-state index contributed by atoms with van der Waals surface area (Å²) in [4.78, 5) is 23.4. The number of aromatic amines is 1. The van der Waals surface area contributed by atoms with Crippen molar-refractivity contribution in [3.63, 3.8) is 0 Å². The Morgan fingerprint density at radius 3 is 2.95 bits per heavy atom. The summed E-state index contributed by atoms with van der Waals surface area (Å²) in [7, 11) is 0. The first-order chi connectivity index (χ1) is 10.9. The molecule has 3 aromatic rings. The summed E-state index contributed by atoms with van der Waals surface area (Å²) < 4.78 is 0. The van der Waals surface area contributed by atoms with E-state index < -0.39 is 0 Å². The minimum Gasteiger partial charge on any atom is -0.343 e. The largest absolute Gasteiger partial charge is 0.343 e. The molecule has 0 amide bonds. The van der Waals surface area contributed by atoms with Crippen LogP contribution in [0.5, 0.6) is 0 Å². The lowest BCUT2D eigenvalue weighted by molar-refractivity contribution is 0.242. The molecule has 1 fully saturated rings. The maximum atomic E-state index is 4.61. The summed E-state index contributed by atoms with van der Waals surface area (Å²) in [6.07, 6.45) is 9.31. The van der Waals surface area contributed by atoms with Gasteiger partial charge in [0.15, 0.2) is 5.82 Å². The number of nitrogens with one attached hydrogen (secondary N) is 1. The molecule has 1 aliphatic heterocycles. The third kappa shape index (κ3) is 2.53. The Balaban J connectivity index is 1.66. The Morgan fingerprint density at radius 1 is 1.18 bits per heavy atom. The highest BCUT2D eigenvalue weighted by atomic mass is 32.1. The van der Waals surface area contributed by atoms with Gasteiger partial charge in [0.25, 0.3) is 0 Å². The Bertz CT molecular complexity index is 724. The van der Waals surface area contributed by atoms with Crippen molar-refractivity contribution >= 4 is 11.3 Å². The van der Waals surface area contributed by atoms with E-state index in [1.807, 2.05) is 11.7 Å². The second-order valence-corrected chi connectivity index (χ2v) is 6.05. The van der Waals surface area contributed by atoms with Crippen molar-refractivity contribution in [2.45, 2.75) is 25.4 Å². The lowest BCUT2D eigenvalue weighted by atomic mass is 10.1. The summed E-state index contributed by atoms with van der Waals surface area (Å²) in [6.45, 7) is 1.93. The first-order valence-corrected chi connectivity index (χ1v) is 8.28. The van der Waals surface area contributed by atoms with Crippen LogP contribution in [0.15, 0.2) is 35.7 Å². The van der Waals surface area contributed by atoms with Gasteiger partial charge in [0.1, 0.15) is 5.69 Å². The zero-order valence-corrected chi connectivity index (χ0v) is 12.8. The molecule has 0 aromatic carbocycles. The lowest BCUT2D eigenvalue weighted by Crippen LogP contribution is -2.24. The molecule has 0 unspecified atom stereocenters. The average molecular weight is 312 g/mol. The average Bonchev–Trinajstić information content (AvgIpc) is 3.31. The highest BCUT2D eigenvalue weighted by Crippen LogP contribution is 2.35. The van der Waals surface area contributed by atoms with E-state index in [-0.39, 0.29) is 6.04 Å². The van der Waals surface area contributed by atoms with Crippen molar-refractivity contribution < 1.29 is 0 Å². The van der Waals surface area contributed by atoms with Gasteiger partial charge >= 0.3 is 0 Å². The Morgan fingerprint density at radius 2 is 2.14 bits per heavy atom. The fourth-order valence-electron chi connectivity index (χ4n) is 3.02. The van der Waals surface area contributed by atoms with E-state index in [2.05, 4.69) is 35.2 Å². The first kappa shape index (κ1) is 13.5. The van der Waals surface area contributed by atoms with Gasteiger partial charge < -0.3 is 4.98 Å². The molecule has 0 aliphatic carbocycles. The molecular formula is C15H16N6S. The second-order valence-electron chi connectivity index (χ2n) is 5.34. The zero-order chi connectivity index (χ0) is 14.8. The first-order valence-electron chi connectivity index (χ1n) is 7.33. The molecule has 4 heterocycles. The molecule has 3 aromatic heterocycles. The number of aromatic nitrogens is 5. The van der Waals surface area contributed by atoms with Crippen LogP contribution in [-0.2, 0) is 6.54 Å². The molecule has 1 N–H and O–H groups in total. The summed E-state index contributed by atoms with van der Waals surface area (Å²) in [6, 6.07) is 0.274. The Kier molecular flexibility index (Phi) is 3.65. The van der Waals surface area contributed by atoms with E-state index >= 15 is 0 Å². The van der Waals surface area contributed by atoms with Gasteiger partial charge in [-0.2, -0.15) is 0 Å². The van der Waals surface area contributed by atoms with Crippen LogP contribution < -0.4 is 0 Å². The number of hydrogen-bond acceptors (Lipinski definition) is 6. The molecular weight excluding hydrogens is 296 g/mol. The van der Waals surface area contributed by atoms with Gasteiger partial charge in [0.05, 0.1) is 22.9 Å². The van der Waals surface area contributed by atoms with E-state index in [9.17, 15) is 0 Å². The van der Waals surface area contributed by atoms with Gasteiger partial charge in [-0.1, -0.05) is 0 Å². The van der Waals surface area contributed by atoms with E-state index in [1.54, 1.807) is 29.9 Å². The monoisotopic (exact) mass is 312 g/mol. The summed E-state index contributed by atoms with van der Waals surface area (Å²) in [5.41, 5.74) is 4.87. The molecule has 1 aliphatic rings. The van der Waals surface area contributed by atoms with Crippen LogP contribution in [0.3, 0.4) is 0 Å². The topological polar surface area (TPSA) is 70.6 Å². The second kappa shape index (κ2) is 5.94. The summed E-state index contributed by atoms with van der Waals surface area (Å²) in [5, 5.41) is 2.11. The quantitative estimate of drug-likeness (QED) is 0.802. The van der Waals surface area contributed by atoms with E-state index in [1.165, 1.54) is 6.42 Å². The van der Waals surface area contributed by atoms with Crippen molar-refractivity contribution in [3.8, 4) is 11.5 Å². The van der Waals surface area contributed by atoms with Gasteiger partial charge in [-0.15, -0.1) is 11.3 Å². The number of likely N-dealkylation sites (tertiary alicyclic amines) is 1. The van der Waals surface area contributed by atoms with Gasteiger partial charge in [0.2, 0.25) is 0 Å². The molecule has 0 spiro atoms. The van der Waals surface area contributed by atoms with Crippen LogP contribution in [0.4, 0.5) is 0 Å². The standard InChI is InChI=1S/C15H16N6S/c1-2-12(21(7-1)8-11-9-22-10-20-11)13-14(17-4-3-16-13)15-18-5-6-19-15/h3-6,9-10,12H,1-2,7-8H2,(H,18,19)/t12-/m0/s1. The van der Waals surface area contributed by atoms with E-state index in [0.29, 0.717) is 0 Å². The predicted molar refractivity (Wildman–Crippen MR) is 84.1 cm³/mol. The van der Waals surface area contributed by atoms with Gasteiger partial charge in [-0.3, -0.25) is 9.88 Å². The summed E-state index contributed by atoms with van der Waals surface area (Å²) >= 11 is 1.64. The molecule has 7 heteroatoms. The van der Waals surface area contributed by atoms with Crippen molar-refractivity contribution in [3.05, 3.63) is 47.1 Å². The van der Waals surface area contributed by atoms with Crippen LogP contribution in [0, 0.1) is 0 Å². The van der Waals surface area contributed by atoms with Gasteiger partial charge in [-0.25, -0.2) is 15.0 Å². The molecule has 0 saturated carbocycles. The number of H-pyrrole nitrogens is 1. The number of thiazole rings is 1. The Labute approximate surface area is 132 Å². The van der Waals surface area contributed by atoms with E-state index in [4.69, 9.17) is 0 Å². The van der Waals surface area contributed by atoms with Crippen molar-refractivity contribution in [2.75, 3.05) is 6.54 Å². The van der Waals surface area contributed by atoms with Crippen LogP contribution in [0.25, 0.3) is 11.5 Å². The van der Waals surface area contributed by atoms with E-state index in [0.717, 1.165) is 42.4 Å². The third-order valence-electron chi connectivity index (χ3n) is 3.98. The SMILES string of the molecule is c1c[nH]c(-c2nccnc2[C@@H]2CCCN2Cc2cscn2)n1. The van der Waals surface area contributed by atoms with Crippen LogP contribution in [-0.4, -0.2) is 36.4 Å². The van der Waals surface area contributed by atoms with Crippen LogP contribution >= 0.6 is 11.3 Å². The minimum absolute atomic E-state index is 0.274. The number of rotatable bonds is 4. The van der Waals surface area contributed by atoms with Crippen LogP contribution in [0.2, 0.25) is 0 Å². The normalized spacial score (nSPS) is 18.8. The van der Waals surface area contributed by atoms with Gasteiger partial charge in [-0.05, 0) is 19.4 Å². The number of nitrogens with zero attached hydrogens (tertiary/aromatic N) is 5. The van der Waals surface area contributed by atoms with Crippen molar-refractivity contribution in [1.29, 1.82) is 0 Å². The maximum absolute atomic E-state index is 4.61. The fourth-order valence-corrected chi connectivity index (χ4v) is 3.57. The van der Waals surface area contributed by atoms with Crippen LogP contribution in [0.1, 0.15) is 30.3 Å². The van der Waals surface area contributed by atoms with Crippen molar-refractivity contribution in [2.24, 2.45) is 0 Å². The fraction of sp³-hybridized carbons (Fsp3) is 0.333. The minimum atomic E-state index is 0.274. The molecule has 1 saturated heterocycles. The molecule has 112 valence electrons. The molecule has 0 radical (unpaired) electrons. The highest BCUT2D eigenvalue weighted by molar-refractivity contribution is 7.07. The zero-order valence-electron chi connectivity index (χ0n) is 12.0. The predicted octanol–water partition coefficient (Wildman–Crippen LogP) is 2.66.